The molecule has 3 amide bonds. The summed E-state index contributed by atoms with van der Waals surface area (Å²) in [6, 6.07) is 11.8. The van der Waals surface area contributed by atoms with Gasteiger partial charge in [0, 0.05) is 14.1 Å². The van der Waals surface area contributed by atoms with Crippen molar-refractivity contribution in [3.8, 4) is 5.75 Å². The molecule has 1 aliphatic heterocycles. The van der Waals surface area contributed by atoms with Crippen LogP contribution < -0.4 is 4.18 Å². The van der Waals surface area contributed by atoms with Gasteiger partial charge in [-0.15, -0.1) is 0 Å². The normalized spacial score (nSPS) is 19.0. The first-order chi connectivity index (χ1) is 11.3. The number of amides is 3. The van der Waals surface area contributed by atoms with Crippen molar-refractivity contribution in [3.05, 3.63) is 42.5 Å². The van der Waals surface area contributed by atoms with Crippen molar-refractivity contribution < 1.29 is 22.2 Å². The standard InChI is InChI=1S/C16H16N2O5S/c1-17-10-14(15(19)18(2)16(17)20)24(21,22)23-13-8-7-11-5-3-4-6-12(11)9-13/h3-9,14H,10H2,1-2H3. The smallest absolute Gasteiger partial charge is 0.326 e. The molecule has 0 aliphatic carbocycles. The SMILES string of the molecule is CN1CC(S(=O)(=O)Oc2ccc3ccccc3c2)C(=O)N(C)C1=O. The summed E-state index contributed by atoms with van der Waals surface area (Å²) in [5, 5.41) is 0.322. The lowest BCUT2D eigenvalue weighted by atomic mass is 10.1. The molecule has 24 heavy (non-hydrogen) atoms. The van der Waals surface area contributed by atoms with Gasteiger partial charge >= 0.3 is 16.1 Å². The van der Waals surface area contributed by atoms with E-state index in [1.165, 1.54) is 25.1 Å². The zero-order valence-electron chi connectivity index (χ0n) is 13.2. The third-order valence-electron chi connectivity index (χ3n) is 3.94. The summed E-state index contributed by atoms with van der Waals surface area (Å²) < 4.78 is 30.1. The number of carbonyl (C=O) groups is 2. The third-order valence-corrected chi connectivity index (χ3v) is 5.41. The number of hydrogen-bond donors (Lipinski definition) is 0. The van der Waals surface area contributed by atoms with Crippen molar-refractivity contribution in [2.75, 3.05) is 20.6 Å². The molecule has 1 fully saturated rings. The van der Waals surface area contributed by atoms with Gasteiger partial charge in [-0.2, -0.15) is 8.42 Å². The lowest BCUT2D eigenvalue weighted by Crippen LogP contribution is -2.59. The van der Waals surface area contributed by atoms with Gasteiger partial charge < -0.3 is 9.08 Å². The van der Waals surface area contributed by atoms with Crippen LogP contribution in [0.5, 0.6) is 5.75 Å². The van der Waals surface area contributed by atoms with Crippen LogP contribution in [0.1, 0.15) is 0 Å². The van der Waals surface area contributed by atoms with Crippen molar-refractivity contribution >= 4 is 32.8 Å². The molecule has 1 heterocycles. The molecule has 1 aliphatic rings. The van der Waals surface area contributed by atoms with Gasteiger partial charge in [0.25, 0.3) is 5.91 Å². The highest BCUT2D eigenvalue weighted by atomic mass is 32.2. The molecule has 2 aromatic rings. The third kappa shape index (κ3) is 2.80. The van der Waals surface area contributed by atoms with Crippen molar-refractivity contribution in [3.63, 3.8) is 0 Å². The molecule has 0 aromatic heterocycles. The molecule has 0 radical (unpaired) electrons. The van der Waals surface area contributed by atoms with E-state index in [9.17, 15) is 18.0 Å². The van der Waals surface area contributed by atoms with E-state index in [4.69, 9.17) is 4.18 Å². The Morgan fingerprint density at radius 2 is 1.71 bits per heavy atom. The Morgan fingerprint density at radius 1 is 1.04 bits per heavy atom. The van der Waals surface area contributed by atoms with Crippen molar-refractivity contribution in [1.29, 1.82) is 0 Å². The van der Waals surface area contributed by atoms with E-state index < -0.39 is 27.3 Å². The topological polar surface area (TPSA) is 84.0 Å². The van der Waals surface area contributed by atoms with Gasteiger partial charge in [0.1, 0.15) is 5.75 Å². The lowest BCUT2D eigenvalue weighted by molar-refractivity contribution is -0.129. The second-order valence-corrected chi connectivity index (χ2v) is 7.36. The van der Waals surface area contributed by atoms with E-state index in [0.29, 0.717) is 0 Å². The summed E-state index contributed by atoms with van der Waals surface area (Å²) in [5.74, 6) is -0.664. The number of nitrogens with zero attached hydrogens (tertiary/aromatic N) is 2. The highest BCUT2D eigenvalue weighted by Crippen LogP contribution is 2.24. The molecular weight excluding hydrogens is 332 g/mol. The van der Waals surface area contributed by atoms with Crippen LogP contribution in [0.3, 0.4) is 0 Å². The van der Waals surface area contributed by atoms with Crippen LogP contribution in [-0.2, 0) is 14.9 Å². The molecule has 1 unspecified atom stereocenters. The number of carbonyl (C=O) groups excluding carboxylic acids is 2. The number of hydrogen-bond acceptors (Lipinski definition) is 5. The molecule has 0 N–H and O–H groups in total. The van der Waals surface area contributed by atoms with Crippen LogP contribution in [0.25, 0.3) is 10.8 Å². The van der Waals surface area contributed by atoms with Gasteiger partial charge in [-0.25, -0.2) is 4.79 Å². The maximum atomic E-state index is 12.5. The quantitative estimate of drug-likeness (QED) is 0.784. The second-order valence-electron chi connectivity index (χ2n) is 5.63. The highest BCUT2D eigenvalue weighted by Gasteiger charge is 2.44. The molecule has 126 valence electrons. The largest absolute Gasteiger partial charge is 0.382 e. The summed E-state index contributed by atoms with van der Waals surface area (Å²) in [5.41, 5.74) is 0. The first kappa shape index (κ1) is 16.3. The summed E-state index contributed by atoms with van der Waals surface area (Å²) in [6.07, 6.45) is 0. The molecule has 0 bridgehead atoms. The Bertz CT molecular complexity index is 925. The Morgan fingerprint density at radius 3 is 2.42 bits per heavy atom. The first-order valence-corrected chi connectivity index (χ1v) is 8.71. The Hall–Kier alpha value is -2.61. The molecular formula is C16H16N2O5S. The van der Waals surface area contributed by atoms with Crippen molar-refractivity contribution in [2.45, 2.75) is 5.25 Å². The number of imide groups is 1. The number of fused-ring (bicyclic) bond motifs is 1. The highest BCUT2D eigenvalue weighted by molar-refractivity contribution is 7.88. The molecule has 7 nitrogen and oxygen atoms in total. The van der Waals surface area contributed by atoms with Crippen LogP contribution in [0, 0.1) is 0 Å². The fourth-order valence-electron chi connectivity index (χ4n) is 2.60. The van der Waals surface area contributed by atoms with Gasteiger partial charge in [0.05, 0.1) is 6.54 Å². The van der Waals surface area contributed by atoms with Gasteiger partial charge in [0.2, 0.25) is 0 Å². The summed E-state index contributed by atoms with van der Waals surface area (Å²) >= 11 is 0. The van der Waals surface area contributed by atoms with E-state index >= 15 is 0 Å². The monoisotopic (exact) mass is 348 g/mol. The Kier molecular flexibility index (Phi) is 3.92. The van der Waals surface area contributed by atoms with Crippen molar-refractivity contribution in [2.24, 2.45) is 0 Å². The zero-order valence-corrected chi connectivity index (χ0v) is 14.0. The summed E-state index contributed by atoms with van der Waals surface area (Å²) in [6.45, 7) is -0.238. The van der Waals surface area contributed by atoms with Gasteiger partial charge in [-0.05, 0) is 22.9 Å². The van der Waals surface area contributed by atoms with Crippen molar-refractivity contribution in [1.82, 2.24) is 9.80 Å². The summed E-state index contributed by atoms with van der Waals surface area (Å²) in [7, 11) is -1.55. The number of urea groups is 1. The lowest BCUT2D eigenvalue weighted by Gasteiger charge is -2.33. The predicted octanol–water partition coefficient (Wildman–Crippen LogP) is 1.44. The molecule has 1 atom stereocenters. The molecule has 2 aromatic carbocycles. The van der Waals surface area contributed by atoms with Gasteiger partial charge in [0.15, 0.2) is 5.25 Å². The van der Waals surface area contributed by atoms with Crippen LogP contribution in [0.2, 0.25) is 0 Å². The average Bonchev–Trinajstić information content (AvgIpc) is 2.55. The number of benzene rings is 2. The fraction of sp³-hybridized carbons (Fsp3) is 0.250. The van der Waals surface area contributed by atoms with E-state index in [1.54, 1.807) is 12.1 Å². The van der Waals surface area contributed by atoms with E-state index in [2.05, 4.69) is 0 Å². The maximum Gasteiger partial charge on any atom is 0.326 e. The predicted molar refractivity (Wildman–Crippen MR) is 88.1 cm³/mol. The first-order valence-electron chi connectivity index (χ1n) is 7.24. The maximum absolute atomic E-state index is 12.5. The van der Waals surface area contributed by atoms with Gasteiger partial charge in [-0.3, -0.25) is 9.69 Å². The summed E-state index contributed by atoms with van der Waals surface area (Å²) in [4.78, 5) is 25.8. The minimum Gasteiger partial charge on any atom is -0.382 e. The number of rotatable bonds is 3. The molecule has 0 spiro atoms. The van der Waals surface area contributed by atoms with Crippen LogP contribution >= 0.6 is 0 Å². The van der Waals surface area contributed by atoms with Crippen LogP contribution in [-0.4, -0.2) is 56.0 Å². The Labute approximate surface area is 139 Å². The molecule has 1 saturated heterocycles. The molecule has 3 rings (SSSR count). The molecule has 8 heteroatoms. The van der Waals surface area contributed by atoms with E-state index in [-0.39, 0.29) is 12.3 Å². The van der Waals surface area contributed by atoms with E-state index in [1.807, 2.05) is 24.3 Å². The Balaban J connectivity index is 1.89. The second kappa shape index (κ2) is 5.79. The zero-order chi connectivity index (χ0) is 17.5. The minimum absolute atomic E-state index is 0.128. The van der Waals surface area contributed by atoms with Crippen LogP contribution in [0.15, 0.2) is 42.5 Å². The molecule has 0 saturated carbocycles. The van der Waals surface area contributed by atoms with Crippen LogP contribution in [0.4, 0.5) is 4.79 Å². The van der Waals surface area contributed by atoms with E-state index in [0.717, 1.165) is 15.7 Å². The van der Waals surface area contributed by atoms with Gasteiger partial charge in [-0.1, -0.05) is 30.3 Å². The fourth-order valence-corrected chi connectivity index (χ4v) is 3.90. The average molecular weight is 348 g/mol. The minimum atomic E-state index is -4.23.